The number of nitrogens with one attached hydrogen (secondary N) is 1. The number of hydrogen-bond donors (Lipinski definition) is 1. The van der Waals surface area contributed by atoms with Crippen LogP contribution in [0, 0.1) is 12.7 Å². The molecule has 0 saturated carbocycles. The second kappa shape index (κ2) is 4.19. The normalized spacial score (nSPS) is 25.5. The maximum absolute atomic E-state index is 13.1. The number of hydrogen-bond acceptors (Lipinski definition) is 2. The second-order valence-electron chi connectivity index (χ2n) is 4.13. The highest BCUT2D eigenvalue weighted by Gasteiger charge is 2.23. The average Bonchev–Trinajstić information content (AvgIpc) is 2.50. The minimum absolute atomic E-state index is 0.191. The van der Waals surface area contributed by atoms with Gasteiger partial charge in [-0.3, -0.25) is 0 Å². The van der Waals surface area contributed by atoms with Crippen LogP contribution in [-0.2, 0) is 4.74 Å². The Bertz CT molecular complexity index is 333. The van der Waals surface area contributed by atoms with Gasteiger partial charge in [-0.05, 0) is 44.0 Å². The van der Waals surface area contributed by atoms with Crippen molar-refractivity contribution in [2.24, 2.45) is 0 Å². The lowest BCUT2D eigenvalue weighted by molar-refractivity contribution is 0.121. The molecule has 0 aromatic heterocycles. The van der Waals surface area contributed by atoms with Gasteiger partial charge in [-0.15, -0.1) is 0 Å². The Hall–Kier alpha value is -1.09. The maximum atomic E-state index is 13.1. The SMILES string of the molecule is Cc1cc(F)cc(N[C@H]2CCO[C@@H]2C)c1. The van der Waals surface area contributed by atoms with Crippen LogP contribution in [0.15, 0.2) is 18.2 Å². The van der Waals surface area contributed by atoms with Gasteiger partial charge in [0.15, 0.2) is 0 Å². The van der Waals surface area contributed by atoms with Crippen LogP contribution in [0.5, 0.6) is 0 Å². The first-order chi connectivity index (χ1) is 7.15. The molecule has 1 saturated heterocycles. The van der Waals surface area contributed by atoms with Gasteiger partial charge < -0.3 is 10.1 Å². The van der Waals surface area contributed by atoms with Crippen molar-refractivity contribution >= 4 is 5.69 Å². The molecule has 15 heavy (non-hydrogen) atoms. The van der Waals surface area contributed by atoms with E-state index in [1.807, 2.05) is 19.9 Å². The first-order valence-corrected chi connectivity index (χ1v) is 5.30. The third-order valence-corrected chi connectivity index (χ3v) is 2.77. The molecule has 1 heterocycles. The van der Waals surface area contributed by atoms with Crippen molar-refractivity contribution in [1.82, 2.24) is 0 Å². The lowest BCUT2D eigenvalue weighted by atomic mass is 10.1. The molecule has 1 aliphatic rings. The molecular formula is C12H16FNO. The topological polar surface area (TPSA) is 21.3 Å². The summed E-state index contributed by atoms with van der Waals surface area (Å²) in [4.78, 5) is 0. The number of halogens is 1. The molecule has 0 aliphatic carbocycles. The van der Waals surface area contributed by atoms with Gasteiger partial charge in [0.1, 0.15) is 5.82 Å². The summed E-state index contributed by atoms with van der Waals surface area (Å²) in [7, 11) is 0. The smallest absolute Gasteiger partial charge is 0.125 e. The molecule has 0 bridgehead atoms. The van der Waals surface area contributed by atoms with Crippen LogP contribution in [0.1, 0.15) is 18.9 Å². The number of rotatable bonds is 2. The molecule has 1 N–H and O–H groups in total. The van der Waals surface area contributed by atoms with Crippen molar-refractivity contribution in [2.75, 3.05) is 11.9 Å². The van der Waals surface area contributed by atoms with Crippen molar-refractivity contribution < 1.29 is 9.13 Å². The van der Waals surface area contributed by atoms with Gasteiger partial charge in [0, 0.05) is 12.3 Å². The van der Waals surface area contributed by atoms with Gasteiger partial charge in [-0.1, -0.05) is 0 Å². The minimum atomic E-state index is -0.191. The van der Waals surface area contributed by atoms with Crippen LogP contribution in [-0.4, -0.2) is 18.8 Å². The van der Waals surface area contributed by atoms with E-state index in [4.69, 9.17) is 4.74 Å². The van der Waals surface area contributed by atoms with Gasteiger partial charge >= 0.3 is 0 Å². The summed E-state index contributed by atoms with van der Waals surface area (Å²) in [6.45, 7) is 4.72. The van der Waals surface area contributed by atoms with E-state index in [1.165, 1.54) is 12.1 Å². The van der Waals surface area contributed by atoms with E-state index in [2.05, 4.69) is 5.32 Å². The Labute approximate surface area is 89.4 Å². The van der Waals surface area contributed by atoms with Crippen LogP contribution in [0.4, 0.5) is 10.1 Å². The van der Waals surface area contributed by atoms with Gasteiger partial charge in [-0.25, -0.2) is 4.39 Å². The van der Waals surface area contributed by atoms with Gasteiger partial charge in [0.2, 0.25) is 0 Å². The van der Waals surface area contributed by atoms with Crippen molar-refractivity contribution in [3.63, 3.8) is 0 Å². The number of ether oxygens (including phenoxy) is 1. The summed E-state index contributed by atoms with van der Waals surface area (Å²) in [5.74, 6) is -0.191. The molecule has 2 nitrogen and oxygen atoms in total. The number of anilines is 1. The highest BCUT2D eigenvalue weighted by Crippen LogP contribution is 2.20. The van der Waals surface area contributed by atoms with E-state index in [-0.39, 0.29) is 11.9 Å². The summed E-state index contributed by atoms with van der Waals surface area (Å²) in [5, 5.41) is 3.31. The molecule has 0 amide bonds. The van der Waals surface area contributed by atoms with Gasteiger partial charge in [0.25, 0.3) is 0 Å². The quantitative estimate of drug-likeness (QED) is 0.808. The highest BCUT2D eigenvalue weighted by molar-refractivity contribution is 5.47. The fourth-order valence-corrected chi connectivity index (χ4v) is 1.96. The monoisotopic (exact) mass is 209 g/mol. The molecule has 0 radical (unpaired) electrons. The summed E-state index contributed by atoms with van der Waals surface area (Å²) < 4.78 is 18.6. The molecular weight excluding hydrogens is 193 g/mol. The van der Waals surface area contributed by atoms with E-state index in [0.29, 0.717) is 6.04 Å². The summed E-state index contributed by atoms with van der Waals surface area (Å²) in [6.07, 6.45) is 1.19. The molecule has 82 valence electrons. The third kappa shape index (κ3) is 2.48. The Morgan fingerprint density at radius 3 is 2.80 bits per heavy atom. The number of aryl methyl sites for hydroxylation is 1. The van der Waals surface area contributed by atoms with E-state index >= 15 is 0 Å². The maximum Gasteiger partial charge on any atom is 0.125 e. The molecule has 1 aliphatic heterocycles. The predicted molar refractivity (Wildman–Crippen MR) is 58.6 cm³/mol. The zero-order valence-electron chi connectivity index (χ0n) is 9.09. The van der Waals surface area contributed by atoms with E-state index in [1.54, 1.807) is 0 Å². The van der Waals surface area contributed by atoms with Gasteiger partial charge in [0.05, 0.1) is 12.1 Å². The van der Waals surface area contributed by atoms with Crippen LogP contribution in [0.3, 0.4) is 0 Å². The van der Waals surface area contributed by atoms with Crippen molar-refractivity contribution in [3.8, 4) is 0 Å². The minimum Gasteiger partial charge on any atom is -0.380 e. The highest BCUT2D eigenvalue weighted by atomic mass is 19.1. The first kappa shape index (κ1) is 10.4. The fraction of sp³-hybridized carbons (Fsp3) is 0.500. The largest absolute Gasteiger partial charge is 0.380 e. The first-order valence-electron chi connectivity index (χ1n) is 5.30. The van der Waals surface area contributed by atoms with Crippen molar-refractivity contribution in [1.29, 1.82) is 0 Å². The van der Waals surface area contributed by atoms with E-state index in [0.717, 1.165) is 24.3 Å². The third-order valence-electron chi connectivity index (χ3n) is 2.77. The zero-order valence-corrected chi connectivity index (χ0v) is 9.09. The lowest BCUT2D eigenvalue weighted by Gasteiger charge is -2.17. The average molecular weight is 209 g/mol. The Balaban J connectivity index is 2.10. The molecule has 1 fully saturated rings. The molecule has 0 spiro atoms. The van der Waals surface area contributed by atoms with Crippen LogP contribution in [0.2, 0.25) is 0 Å². The van der Waals surface area contributed by atoms with Crippen LogP contribution < -0.4 is 5.32 Å². The molecule has 2 atom stereocenters. The summed E-state index contributed by atoms with van der Waals surface area (Å²) in [5.41, 5.74) is 1.78. The van der Waals surface area contributed by atoms with Crippen LogP contribution >= 0.6 is 0 Å². The summed E-state index contributed by atoms with van der Waals surface area (Å²) in [6, 6.07) is 5.30. The van der Waals surface area contributed by atoms with Crippen molar-refractivity contribution in [2.45, 2.75) is 32.4 Å². The number of benzene rings is 1. The zero-order chi connectivity index (χ0) is 10.8. The van der Waals surface area contributed by atoms with Gasteiger partial charge in [-0.2, -0.15) is 0 Å². The molecule has 3 heteroatoms. The molecule has 2 rings (SSSR count). The predicted octanol–water partition coefficient (Wildman–Crippen LogP) is 2.72. The van der Waals surface area contributed by atoms with E-state index in [9.17, 15) is 4.39 Å². The fourth-order valence-electron chi connectivity index (χ4n) is 1.96. The Kier molecular flexibility index (Phi) is 2.91. The van der Waals surface area contributed by atoms with Crippen molar-refractivity contribution in [3.05, 3.63) is 29.6 Å². The second-order valence-corrected chi connectivity index (χ2v) is 4.13. The molecule has 1 aromatic carbocycles. The van der Waals surface area contributed by atoms with E-state index < -0.39 is 0 Å². The standard InChI is InChI=1S/C12H16FNO/c1-8-5-10(13)7-11(6-8)14-12-3-4-15-9(12)2/h5-7,9,12,14H,3-4H2,1-2H3/t9-,12+/m1/s1. The lowest BCUT2D eigenvalue weighted by Crippen LogP contribution is -2.26. The van der Waals surface area contributed by atoms with Crippen LogP contribution in [0.25, 0.3) is 0 Å². The molecule has 1 aromatic rings. The Morgan fingerprint density at radius 2 is 2.20 bits per heavy atom. The Morgan fingerprint density at radius 1 is 1.40 bits per heavy atom. The summed E-state index contributed by atoms with van der Waals surface area (Å²) >= 11 is 0. The molecule has 0 unspecified atom stereocenters.